The van der Waals surface area contributed by atoms with E-state index in [0.717, 1.165) is 36.4 Å². The van der Waals surface area contributed by atoms with Crippen LogP contribution in [0, 0.1) is 0 Å². The molecule has 0 aromatic heterocycles. The number of hydrogen-bond donors (Lipinski definition) is 0. The van der Waals surface area contributed by atoms with Crippen molar-refractivity contribution < 1.29 is 49.6 Å². The molecular formula is C26H22F6N2O5Si2. The summed E-state index contributed by atoms with van der Waals surface area (Å²) in [5.41, 5.74) is -2.92. The van der Waals surface area contributed by atoms with Crippen LogP contribution in [0.15, 0.2) is 60.7 Å². The van der Waals surface area contributed by atoms with E-state index in [1.165, 1.54) is 12.1 Å². The molecule has 2 aromatic rings. The molecule has 0 aliphatic carbocycles. The van der Waals surface area contributed by atoms with Crippen molar-refractivity contribution >= 4 is 62.0 Å². The fourth-order valence-electron chi connectivity index (χ4n) is 4.57. The van der Waals surface area contributed by atoms with Crippen LogP contribution in [0.1, 0.15) is 11.1 Å². The maximum atomic E-state index is 13.8. The third kappa shape index (κ3) is 5.96. The Balaban J connectivity index is 1.79. The maximum absolute atomic E-state index is 13.8. The number of carbonyl (C=O) groups excluding carboxylic acids is 4. The van der Waals surface area contributed by atoms with E-state index < -0.39 is 63.7 Å². The number of amides is 4. The molecule has 0 fully saturated rings. The third-order valence-electron chi connectivity index (χ3n) is 6.53. The molecule has 0 unspecified atom stereocenters. The maximum Gasteiger partial charge on any atom is 0.416 e. The Morgan fingerprint density at radius 1 is 0.537 bits per heavy atom. The minimum absolute atomic E-state index is 0.0386. The Bertz CT molecular complexity index is 1400. The molecule has 2 aliphatic rings. The molecule has 0 saturated carbocycles. The van der Waals surface area contributed by atoms with Crippen molar-refractivity contribution in [2.24, 2.45) is 0 Å². The molecule has 0 radical (unpaired) electrons. The van der Waals surface area contributed by atoms with Gasteiger partial charge in [0.25, 0.3) is 23.6 Å². The second kappa shape index (κ2) is 9.92. The number of benzene rings is 2. The van der Waals surface area contributed by atoms with Crippen LogP contribution in [0.25, 0.3) is 0 Å². The van der Waals surface area contributed by atoms with E-state index in [9.17, 15) is 45.5 Å². The molecule has 0 N–H and O–H groups in total. The summed E-state index contributed by atoms with van der Waals surface area (Å²) >= 11 is 0. The zero-order chi connectivity index (χ0) is 30.7. The summed E-state index contributed by atoms with van der Waals surface area (Å²) in [5, 5.41) is 0.0772. The molecule has 216 valence electrons. The normalized spacial score (nSPS) is 16.5. The predicted octanol–water partition coefficient (Wildman–Crippen LogP) is 4.12. The lowest BCUT2D eigenvalue weighted by molar-refractivity contribution is -0.138. The van der Waals surface area contributed by atoms with Crippen LogP contribution in [0.5, 0.6) is 0 Å². The van der Waals surface area contributed by atoms with Gasteiger partial charge >= 0.3 is 12.4 Å². The van der Waals surface area contributed by atoms with Gasteiger partial charge in [0.1, 0.15) is 0 Å². The van der Waals surface area contributed by atoms with Crippen molar-refractivity contribution in [2.75, 3.05) is 9.80 Å². The number of carbonyl (C=O) groups is 4. The van der Waals surface area contributed by atoms with Gasteiger partial charge in [-0.25, -0.2) is 9.80 Å². The zero-order valence-electron chi connectivity index (χ0n) is 22.0. The number of nitrogens with zero attached hydrogens (tertiary/aromatic N) is 2. The molecule has 7 nitrogen and oxygen atoms in total. The van der Waals surface area contributed by atoms with Crippen molar-refractivity contribution in [3.63, 3.8) is 0 Å². The van der Waals surface area contributed by atoms with E-state index in [1.807, 2.05) is 0 Å². The summed E-state index contributed by atoms with van der Waals surface area (Å²) in [7, 11) is -6.84. The van der Waals surface area contributed by atoms with Crippen LogP contribution in [-0.4, -0.2) is 40.3 Å². The molecule has 2 heterocycles. The number of rotatable bonds is 6. The lowest BCUT2D eigenvalue weighted by atomic mass is 10.2. The zero-order valence-corrected chi connectivity index (χ0v) is 24.0. The highest BCUT2D eigenvalue weighted by atomic mass is 28.4. The van der Waals surface area contributed by atoms with Crippen LogP contribution in [0.4, 0.5) is 37.7 Å². The summed E-state index contributed by atoms with van der Waals surface area (Å²) in [6.07, 6.45) is -6.00. The standard InChI is InChI=1S/C26H22F6N2O5Si2/c1-40(2,19-11-15(25(27,28)29)9-17(13-19)33-21(35)5-6-22(33)36)39-41(3,4)20-12-16(26(30,31)32)10-18(14-20)34-23(37)7-8-24(34)38/h5-14H,1-4H3. The van der Waals surface area contributed by atoms with Gasteiger partial charge in [-0.15, -0.1) is 0 Å². The SMILES string of the molecule is C[Si](C)(O[Si](C)(C)c1cc(N2C(=O)C=CC2=O)cc(C(F)(F)F)c1)c1cc(N2C(=O)C=CC2=O)cc(C(F)(F)F)c1. The molecule has 4 amide bonds. The van der Waals surface area contributed by atoms with Gasteiger partial charge in [0.2, 0.25) is 16.6 Å². The van der Waals surface area contributed by atoms with E-state index in [-0.39, 0.29) is 21.7 Å². The van der Waals surface area contributed by atoms with Gasteiger partial charge < -0.3 is 4.12 Å². The monoisotopic (exact) mass is 612 g/mol. The van der Waals surface area contributed by atoms with Gasteiger partial charge in [-0.2, -0.15) is 26.3 Å². The van der Waals surface area contributed by atoms with Gasteiger partial charge in [-0.1, -0.05) is 0 Å². The third-order valence-corrected chi connectivity index (χ3v) is 14.0. The number of imide groups is 2. The van der Waals surface area contributed by atoms with Gasteiger partial charge in [0.05, 0.1) is 22.5 Å². The Kier molecular flexibility index (Phi) is 7.29. The van der Waals surface area contributed by atoms with Crippen LogP contribution in [0.3, 0.4) is 0 Å². The fourth-order valence-corrected chi connectivity index (χ4v) is 12.6. The van der Waals surface area contributed by atoms with E-state index in [0.29, 0.717) is 21.9 Å². The van der Waals surface area contributed by atoms with Gasteiger partial charge in [-0.05, 0) is 73.0 Å². The Hall–Kier alpha value is -3.83. The number of hydrogen-bond acceptors (Lipinski definition) is 5. The molecule has 2 aliphatic heterocycles. The Morgan fingerprint density at radius 3 is 1.10 bits per heavy atom. The van der Waals surface area contributed by atoms with Crippen molar-refractivity contribution in [1.82, 2.24) is 0 Å². The largest absolute Gasteiger partial charge is 0.449 e. The first-order chi connectivity index (χ1) is 18.7. The van der Waals surface area contributed by atoms with Crippen molar-refractivity contribution in [1.29, 1.82) is 0 Å². The second-order valence-electron chi connectivity index (χ2n) is 10.3. The minimum atomic E-state index is -4.85. The van der Waals surface area contributed by atoms with Gasteiger partial charge in [0.15, 0.2) is 0 Å². The molecule has 0 spiro atoms. The highest BCUT2D eigenvalue weighted by Crippen LogP contribution is 2.35. The molecular weight excluding hydrogens is 590 g/mol. The average Bonchev–Trinajstić information content (AvgIpc) is 3.36. The minimum Gasteiger partial charge on any atom is -0.449 e. The fraction of sp³-hybridized carbons (Fsp3) is 0.231. The van der Waals surface area contributed by atoms with Crippen LogP contribution in [0.2, 0.25) is 26.2 Å². The van der Waals surface area contributed by atoms with Gasteiger partial charge in [-0.3, -0.25) is 19.2 Å². The lowest BCUT2D eigenvalue weighted by Crippen LogP contribution is -2.58. The van der Waals surface area contributed by atoms with Crippen molar-refractivity contribution in [2.45, 2.75) is 38.5 Å². The first-order valence-corrected chi connectivity index (χ1v) is 17.8. The van der Waals surface area contributed by atoms with Crippen LogP contribution < -0.4 is 20.2 Å². The topological polar surface area (TPSA) is 84.0 Å². The molecule has 15 heteroatoms. The highest BCUT2D eigenvalue weighted by Gasteiger charge is 2.42. The molecule has 41 heavy (non-hydrogen) atoms. The van der Waals surface area contributed by atoms with Crippen molar-refractivity contribution in [3.8, 4) is 0 Å². The summed E-state index contributed by atoms with van der Waals surface area (Å²) < 4.78 is 89.4. The van der Waals surface area contributed by atoms with E-state index >= 15 is 0 Å². The van der Waals surface area contributed by atoms with Crippen LogP contribution >= 0.6 is 0 Å². The summed E-state index contributed by atoms with van der Waals surface area (Å²) in [5.74, 6) is -3.31. The van der Waals surface area contributed by atoms with Gasteiger partial charge in [0, 0.05) is 24.3 Å². The second-order valence-corrected chi connectivity index (χ2v) is 18.4. The van der Waals surface area contributed by atoms with Crippen molar-refractivity contribution in [3.05, 3.63) is 71.8 Å². The smallest absolute Gasteiger partial charge is 0.416 e. The highest BCUT2D eigenvalue weighted by molar-refractivity contribution is 6.97. The first kappa shape index (κ1) is 30.1. The summed E-state index contributed by atoms with van der Waals surface area (Å²) in [6.45, 7) is 6.16. The quantitative estimate of drug-likeness (QED) is 0.279. The number of halogens is 6. The molecule has 4 rings (SSSR count). The van der Waals surface area contributed by atoms with E-state index in [2.05, 4.69) is 0 Å². The number of alkyl halides is 6. The molecule has 2 aromatic carbocycles. The molecule has 0 saturated heterocycles. The Morgan fingerprint density at radius 2 is 0.829 bits per heavy atom. The summed E-state index contributed by atoms with van der Waals surface area (Å²) in [6, 6.07) is 5.47. The lowest BCUT2D eigenvalue weighted by Gasteiger charge is -2.36. The number of anilines is 2. The van der Waals surface area contributed by atoms with E-state index in [1.54, 1.807) is 26.2 Å². The first-order valence-electron chi connectivity index (χ1n) is 12.0. The Labute approximate surface area is 231 Å². The van der Waals surface area contributed by atoms with Crippen LogP contribution in [-0.2, 0) is 35.6 Å². The average molecular weight is 613 g/mol. The predicted molar refractivity (Wildman–Crippen MR) is 141 cm³/mol. The molecule has 0 atom stereocenters. The van der Waals surface area contributed by atoms with E-state index in [4.69, 9.17) is 4.12 Å². The molecule has 0 bridgehead atoms. The summed E-state index contributed by atoms with van der Waals surface area (Å²) in [4.78, 5) is 50.0.